The predicted octanol–water partition coefficient (Wildman–Crippen LogP) is 4.23. The van der Waals surface area contributed by atoms with E-state index in [1.807, 2.05) is 0 Å². The van der Waals surface area contributed by atoms with Crippen molar-refractivity contribution in [2.24, 2.45) is 10.8 Å². The molecule has 0 N–H and O–H groups in total. The van der Waals surface area contributed by atoms with Crippen LogP contribution in [0.2, 0.25) is 0 Å². The molecule has 0 aromatic rings. The SMILES string of the molecule is CC1=C(C)C23CC=CCC12CCCC3. The third-order valence-electron chi connectivity index (χ3n) is 5.47. The highest BCUT2D eigenvalue weighted by Crippen LogP contribution is 2.71. The summed E-state index contributed by atoms with van der Waals surface area (Å²) in [5.74, 6) is 0. The quantitative estimate of drug-likeness (QED) is 0.499. The normalized spacial score (nSPS) is 45.6. The lowest BCUT2D eigenvalue weighted by molar-refractivity contribution is 0.00556. The van der Waals surface area contributed by atoms with Gasteiger partial charge in [-0.15, -0.1) is 0 Å². The molecule has 3 aliphatic rings. The van der Waals surface area contributed by atoms with Crippen molar-refractivity contribution in [3.63, 3.8) is 0 Å². The topological polar surface area (TPSA) is 0 Å². The van der Waals surface area contributed by atoms with E-state index in [4.69, 9.17) is 0 Å². The minimum atomic E-state index is 0.615. The summed E-state index contributed by atoms with van der Waals surface area (Å²) in [7, 11) is 0. The van der Waals surface area contributed by atoms with Gasteiger partial charge in [-0.05, 0) is 39.5 Å². The summed E-state index contributed by atoms with van der Waals surface area (Å²) < 4.78 is 0. The van der Waals surface area contributed by atoms with E-state index in [-0.39, 0.29) is 0 Å². The molecule has 0 heterocycles. The van der Waals surface area contributed by atoms with Gasteiger partial charge in [0, 0.05) is 10.8 Å². The first-order chi connectivity index (χ1) is 6.73. The molecular formula is C14H20. The summed E-state index contributed by atoms with van der Waals surface area (Å²) in [6, 6.07) is 0. The lowest BCUT2D eigenvalue weighted by Crippen LogP contribution is -2.55. The fraction of sp³-hybridized carbons (Fsp3) is 0.714. The molecule has 2 atom stereocenters. The summed E-state index contributed by atoms with van der Waals surface area (Å²) in [5, 5.41) is 0. The van der Waals surface area contributed by atoms with Gasteiger partial charge in [0.05, 0.1) is 0 Å². The molecule has 1 fully saturated rings. The van der Waals surface area contributed by atoms with Crippen molar-refractivity contribution in [1.82, 2.24) is 0 Å². The summed E-state index contributed by atoms with van der Waals surface area (Å²) in [6.45, 7) is 4.77. The van der Waals surface area contributed by atoms with Gasteiger partial charge in [0.25, 0.3) is 0 Å². The molecule has 0 bridgehead atoms. The van der Waals surface area contributed by atoms with Crippen LogP contribution in [0.4, 0.5) is 0 Å². The van der Waals surface area contributed by atoms with Crippen molar-refractivity contribution in [2.75, 3.05) is 0 Å². The molecule has 3 aliphatic carbocycles. The second-order valence-electron chi connectivity index (χ2n) is 5.50. The summed E-state index contributed by atoms with van der Waals surface area (Å²) >= 11 is 0. The largest absolute Gasteiger partial charge is 0.0876 e. The van der Waals surface area contributed by atoms with Crippen molar-refractivity contribution in [3.8, 4) is 0 Å². The van der Waals surface area contributed by atoms with Gasteiger partial charge >= 0.3 is 0 Å². The van der Waals surface area contributed by atoms with Crippen LogP contribution >= 0.6 is 0 Å². The fourth-order valence-electron chi connectivity index (χ4n) is 4.55. The Labute approximate surface area is 87.1 Å². The van der Waals surface area contributed by atoms with E-state index >= 15 is 0 Å². The molecular weight excluding hydrogens is 168 g/mol. The van der Waals surface area contributed by atoms with Gasteiger partial charge in [0.15, 0.2) is 0 Å². The fourth-order valence-corrected chi connectivity index (χ4v) is 4.55. The Hall–Kier alpha value is -0.520. The molecule has 14 heavy (non-hydrogen) atoms. The molecule has 76 valence electrons. The van der Waals surface area contributed by atoms with Crippen molar-refractivity contribution >= 4 is 0 Å². The highest BCUT2D eigenvalue weighted by atomic mass is 14.6. The van der Waals surface area contributed by atoms with Gasteiger partial charge in [0.1, 0.15) is 0 Å². The number of hydrogen-bond acceptors (Lipinski definition) is 0. The van der Waals surface area contributed by atoms with Gasteiger partial charge < -0.3 is 0 Å². The minimum absolute atomic E-state index is 0.615. The number of rotatable bonds is 0. The summed E-state index contributed by atoms with van der Waals surface area (Å²) in [6.07, 6.45) is 13.4. The molecule has 0 saturated heterocycles. The van der Waals surface area contributed by atoms with E-state index in [0.29, 0.717) is 10.8 Å². The Morgan fingerprint density at radius 1 is 0.857 bits per heavy atom. The van der Waals surface area contributed by atoms with Crippen LogP contribution in [0.5, 0.6) is 0 Å². The molecule has 0 aliphatic heterocycles. The average Bonchev–Trinajstić information content (AvgIpc) is 2.26. The van der Waals surface area contributed by atoms with E-state index < -0.39 is 0 Å². The standard InChI is InChI=1S/C14H20/c1-11-12(2)14-9-5-3-7-13(11,14)8-4-6-10-14/h3,5H,4,6-10H2,1-2H3. The van der Waals surface area contributed by atoms with Gasteiger partial charge in [0.2, 0.25) is 0 Å². The molecule has 0 spiro atoms. The van der Waals surface area contributed by atoms with Crippen LogP contribution < -0.4 is 0 Å². The lowest BCUT2D eigenvalue weighted by Gasteiger charge is -2.65. The van der Waals surface area contributed by atoms with Crippen LogP contribution in [0.15, 0.2) is 23.3 Å². The predicted molar refractivity (Wildman–Crippen MR) is 60.1 cm³/mol. The summed E-state index contributed by atoms with van der Waals surface area (Å²) in [5.41, 5.74) is 4.71. The Bertz CT molecular complexity index is 302. The zero-order valence-electron chi connectivity index (χ0n) is 9.40. The second-order valence-corrected chi connectivity index (χ2v) is 5.50. The average molecular weight is 188 g/mol. The molecule has 0 aromatic carbocycles. The van der Waals surface area contributed by atoms with Crippen molar-refractivity contribution < 1.29 is 0 Å². The number of allylic oxidation sites excluding steroid dienone is 4. The first-order valence-electron chi connectivity index (χ1n) is 6.06. The third-order valence-corrected chi connectivity index (χ3v) is 5.47. The van der Waals surface area contributed by atoms with Crippen LogP contribution in [0, 0.1) is 10.8 Å². The van der Waals surface area contributed by atoms with E-state index in [9.17, 15) is 0 Å². The van der Waals surface area contributed by atoms with Crippen molar-refractivity contribution in [1.29, 1.82) is 0 Å². The van der Waals surface area contributed by atoms with E-state index in [0.717, 1.165) is 0 Å². The Morgan fingerprint density at radius 2 is 1.29 bits per heavy atom. The zero-order valence-corrected chi connectivity index (χ0v) is 9.40. The van der Waals surface area contributed by atoms with E-state index in [2.05, 4.69) is 26.0 Å². The van der Waals surface area contributed by atoms with Crippen molar-refractivity contribution in [3.05, 3.63) is 23.3 Å². The molecule has 2 unspecified atom stereocenters. The maximum atomic E-state index is 2.43. The maximum absolute atomic E-state index is 2.43. The second kappa shape index (κ2) is 2.53. The minimum Gasteiger partial charge on any atom is -0.0876 e. The van der Waals surface area contributed by atoms with Gasteiger partial charge in [-0.25, -0.2) is 0 Å². The van der Waals surface area contributed by atoms with E-state index in [1.54, 1.807) is 11.1 Å². The van der Waals surface area contributed by atoms with E-state index in [1.165, 1.54) is 38.5 Å². The molecule has 0 radical (unpaired) electrons. The highest BCUT2D eigenvalue weighted by molar-refractivity contribution is 5.45. The van der Waals surface area contributed by atoms with Crippen LogP contribution in [-0.4, -0.2) is 0 Å². The Morgan fingerprint density at radius 3 is 1.71 bits per heavy atom. The monoisotopic (exact) mass is 188 g/mol. The molecule has 0 aromatic heterocycles. The van der Waals surface area contributed by atoms with Crippen LogP contribution in [0.1, 0.15) is 52.4 Å². The summed E-state index contributed by atoms with van der Waals surface area (Å²) in [4.78, 5) is 0. The molecule has 0 amide bonds. The first kappa shape index (κ1) is 8.76. The Kier molecular flexibility index (Phi) is 1.59. The van der Waals surface area contributed by atoms with Gasteiger partial charge in [-0.1, -0.05) is 36.1 Å². The number of hydrogen-bond donors (Lipinski definition) is 0. The lowest BCUT2D eigenvalue weighted by atomic mass is 9.39. The zero-order chi connectivity index (χ0) is 9.81. The van der Waals surface area contributed by atoms with Crippen molar-refractivity contribution in [2.45, 2.75) is 52.4 Å². The van der Waals surface area contributed by atoms with Gasteiger partial charge in [-0.2, -0.15) is 0 Å². The molecule has 1 saturated carbocycles. The third kappa shape index (κ3) is 0.699. The van der Waals surface area contributed by atoms with Crippen LogP contribution in [-0.2, 0) is 0 Å². The highest BCUT2D eigenvalue weighted by Gasteiger charge is 2.61. The molecule has 0 heteroatoms. The maximum Gasteiger partial charge on any atom is 0.00429 e. The molecule has 0 nitrogen and oxygen atoms in total. The van der Waals surface area contributed by atoms with Crippen LogP contribution in [0.3, 0.4) is 0 Å². The first-order valence-corrected chi connectivity index (χ1v) is 6.06. The molecule has 3 rings (SSSR count). The Balaban J connectivity index is 2.13. The van der Waals surface area contributed by atoms with Gasteiger partial charge in [-0.3, -0.25) is 0 Å². The smallest absolute Gasteiger partial charge is 0.00429 e. The van der Waals surface area contributed by atoms with Crippen LogP contribution in [0.25, 0.3) is 0 Å².